The van der Waals surface area contributed by atoms with Crippen molar-refractivity contribution in [3.05, 3.63) is 0 Å². The Kier molecular flexibility index (Phi) is 5.51. The van der Waals surface area contributed by atoms with E-state index in [-0.39, 0.29) is 5.60 Å². The number of aliphatic hydroxyl groups is 2. The van der Waals surface area contributed by atoms with E-state index in [1.807, 2.05) is 13.8 Å². The molecule has 2 heteroatoms. The Bertz CT molecular complexity index is 725. The van der Waals surface area contributed by atoms with Crippen LogP contribution in [0.1, 0.15) is 125 Å². The topological polar surface area (TPSA) is 40.5 Å². The average Bonchev–Trinajstić information content (AvgIpc) is 3.40. The number of hydrogen-bond acceptors (Lipinski definition) is 2. The van der Waals surface area contributed by atoms with Gasteiger partial charge in [0.1, 0.15) is 0 Å². The number of rotatable bonds is 6. The lowest BCUT2D eigenvalue weighted by molar-refractivity contribution is -0.158. The summed E-state index contributed by atoms with van der Waals surface area (Å²) in [6, 6.07) is 0. The van der Waals surface area contributed by atoms with Gasteiger partial charge in [-0.15, -0.1) is 0 Å². The summed E-state index contributed by atoms with van der Waals surface area (Å²) < 4.78 is 0. The summed E-state index contributed by atoms with van der Waals surface area (Å²) in [6.45, 7) is 14.0. The summed E-state index contributed by atoms with van der Waals surface area (Å²) in [4.78, 5) is 0. The van der Waals surface area contributed by atoms with E-state index in [1.54, 1.807) is 0 Å². The molecule has 0 saturated heterocycles. The van der Waals surface area contributed by atoms with E-state index in [0.717, 1.165) is 61.2 Å². The minimum absolute atomic E-state index is 0.377. The monoisotopic (exact) mass is 444 g/mol. The lowest BCUT2D eigenvalue weighted by Gasteiger charge is -2.63. The quantitative estimate of drug-likeness (QED) is 0.449. The predicted molar refractivity (Wildman–Crippen MR) is 132 cm³/mol. The van der Waals surface area contributed by atoms with Crippen molar-refractivity contribution in [1.29, 1.82) is 0 Å². The molecule has 0 heterocycles. The van der Waals surface area contributed by atoms with Crippen LogP contribution in [0.5, 0.6) is 0 Å². The van der Waals surface area contributed by atoms with Gasteiger partial charge in [0.05, 0.1) is 11.2 Å². The maximum absolute atomic E-state index is 11.1. The lowest BCUT2D eigenvalue weighted by atomic mass is 9.42. The van der Waals surface area contributed by atoms with Crippen molar-refractivity contribution < 1.29 is 10.2 Å². The molecule has 0 aromatic rings. The Hall–Kier alpha value is -0.0800. The van der Waals surface area contributed by atoms with Crippen LogP contribution < -0.4 is 0 Å². The fourth-order valence-electron chi connectivity index (χ4n) is 10.9. The second kappa shape index (κ2) is 7.46. The highest BCUT2D eigenvalue weighted by molar-refractivity contribution is 5.24. The smallest absolute Gasteiger partial charge is 0.0648 e. The third kappa shape index (κ3) is 3.31. The SMILES string of the molecule is CC[C@]1(O)CC[C@@]2(C)[C@@H](CC[C@@H]3[C@@H]2CC[C@@]2(C)[C@H]3C[C@H]3C[C@]32[C@H](C)CCCC(C)(C)O)C1. The van der Waals surface area contributed by atoms with Gasteiger partial charge in [0.2, 0.25) is 0 Å². The fraction of sp³-hybridized carbons (Fsp3) is 1.00. The van der Waals surface area contributed by atoms with Gasteiger partial charge in [0, 0.05) is 0 Å². The molecule has 10 atom stereocenters. The molecule has 5 rings (SSSR count). The van der Waals surface area contributed by atoms with Crippen LogP contribution in [0.2, 0.25) is 0 Å². The predicted octanol–water partition coefficient (Wildman–Crippen LogP) is 7.36. The van der Waals surface area contributed by atoms with Gasteiger partial charge in [0.15, 0.2) is 0 Å². The maximum atomic E-state index is 11.1. The van der Waals surface area contributed by atoms with Gasteiger partial charge >= 0.3 is 0 Å². The molecule has 5 saturated carbocycles. The van der Waals surface area contributed by atoms with Gasteiger partial charge in [-0.3, -0.25) is 0 Å². The second-order valence-electron chi connectivity index (χ2n) is 14.7. The van der Waals surface area contributed by atoms with E-state index < -0.39 is 5.60 Å². The average molecular weight is 445 g/mol. The first-order valence-corrected chi connectivity index (χ1v) is 14.3. The van der Waals surface area contributed by atoms with E-state index >= 15 is 0 Å². The zero-order valence-corrected chi connectivity index (χ0v) is 22.1. The van der Waals surface area contributed by atoms with Crippen LogP contribution >= 0.6 is 0 Å². The van der Waals surface area contributed by atoms with E-state index in [1.165, 1.54) is 57.8 Å². The van der Waals surface area contributed by atoms with Gasteiger partial charge in [-0.25, -0.2) is 0 Å². The maximum Gasteiger partial charge on any atom is 0.0648 e. The van der Waals surface area contributed by atoms with Crippen LogP contribution in [0, 0.1) is 51.8 Å². The molecule has 0 spiro atoms. The number of fused-ring (bicyclic) bond motifs is 7. The highest BCUT2D eigenvalue weighted by Crippen LogP contribution is 2.83. The molecule has 5 fully saturated rings. The second-order valence-corrected chi connectivity index (χ2v) is 14.7. The minimum atomic E-state index is -0.515. The van der Waals surface area contributed by atoms with E-state index in [4.69, 9.17) is 0 Å². The van der Waals surface area contributed by atoms with Gasteiger partial charge in [-0.2, -0.15) is 0 Å². The summed E-state index contributed by atoms with van der Waals surface area (Å²) in [5, 5.41) is 21.3. The lowest BCUT2D eigenvalue weighted by Crippen LogP contribution is -2.56. The minimum Gasteiger partial charge on any atom is -0.390 e. The molecule has 2 nitrogen and oxygen atoms in total. The third-order valence-corrected chi connectivity index (χ3v) is 12.9. The molecule has 0 amide bonds. The molecule has 0 unspecified atom stereocenters. The highest BCUT2D eigenvalue weighted by Gasteiger charge is 2.76. The van der Waals surface area contributed by atoms with Crippen LogP contribution in [0.15, 0.2) is 0 Å². The molecule has 0 radical (unpaired) electrons. The summed E-state index contributed by atoms with van der Waals surface area (Å²) >= 11 is 0. The molecular weight excluding hydrogens is 392 g/mol. The molecule has 0 bridgehead atoms. The van der Waals surface area contributed by atoms with Crippen LogP contribution in [-0.4, -0.2) is 21.4 Å². The Morgan fingerprint density at radius 2 is 1.72 bits per heavy atom. The molecule has 32 heavy (non-hydrogen) atoms. The zero-order valence-electron chi connectivity index (χ0n) is 22.1. The van der Waals surface area contributed by atoms with Gasteiger partial charge in [-0.05, 0) is 136 Å². The van der Waals surface area contributed by atoms with Crippen molar-refractivity contribution in [2.75, 3.05) is 0 Å². The third-order valence-electron chi connectivity index (χ3n) is 12.9. The van der Waals surface area contributed by atoms with Crippen molar-refractivity contribution in [2.24, 2.45) is 51.8 Å². The van der Waals surface area contributed by atoms with Crippen molar-refractivity contribution in [2.45, 2.75) is 136 Å². The highest BCUT2D eigenvalue weighted by atomic mass is 16.3. The van der Waals surface area contributed by atoms with Crippen molar-refractivity contribution in [1.82, 2.24) is 0 Å². The summed E-state index contributed by atoms with van der Waals surface area (Å²) in [7, 11) is 0. The van der Waals surface area contributed by atoms with E-state index in [0.29, 0.717) is 16.2 Å². The first-order chi connectivity index (χ1) is 14.9. The van der Waals surface area contributed by atoms with E-state index in [9.17, 15) is 10.2 Å². The fourth-order valence-corrected chi connectivity index (χ4v) is 10.9. The number of hydrogen-bond donors (Lipinski definition) is 2. The molecule has 184 valence electrons. The normalized spacial score (nSPS) is 53.1. The summed E-state index contributed by atoms with van der Waals surface area (Å²) in [5.41, 5.74) is 0.740. The molecule has 5 aliphatic carbocycles. The van der Waals surface area contributed by atoms with Gasteiger partial charge < -0.3 is 10.2 Å². The molecule has 0 aromatic carbocycles. The van der Waals surface area contributed by atoms with Crippen LogP contribution in [0.3, 0.4) is 0 Å². The van der Waals surface area contributed by atoms with Crippen molar-refractivity contribution in [3.63, 3.8) is 0 Å². The molecule has 0 aromatic heterocycles. The van der Waals surface area contributed by atoms with Crippen LogP contribution in [-0.2, 0) is 0 Å². The molecule has 5 aliphatic rings. The molecule has 0 aliphatic heterocycles. The zero-order chi connectivity index (χ0) is 23.2. The first kappa shape index (κ1) is 23.7. The van der Waals surface area contributed by atoms with Gasteiger partial charge in [0.25, 0.3) is 0 Å². The standard InChI is InChI=1S/C30H52O2/c1-7-29(32)16-15-27(5)21(18-29)10-11-23-24(27)12-14-28(6)25(23)17-22-19-30(22,28)20(2)9-8-13-26(3,4)31/h20-25,31-32H,7-19H2,1-6H3/t20-,21+,22+,23-,24+,25+,27+,28+,29+,30+/m1/s1. The Labute approximate surface area is 198 Å². The first-order valence-electron chi connectivity index (χ1n) is 14.3. The van der Waals surface area contributed by atoms with Crippen molar-refractivity contribution >= 4 is 0 Å². The molecular formula is C30H52O2. The Morgan fingerprint density at radius 3 is 2.41 bits per heavy atom. The van der Waals surface area contributed by atoms with Crippen LogP contribution in [0.4, 0.5) is 0 Å². The largest absolute Gasteiger partial charge is 0.390 e. The van der Waals surface area contributed by atoms with Crippen molar-refractivity contribution in [3.8, 4) is 0 Å². The summed E-state index contributed by atoms with van der Waals surface area (Å²) in [5.74, 6) is 5.33. The molecule has 2 N–H and O–H groups in total. The Morgan fingerprint density at radius 1 is 0.969 bits per heavy atom. The Balaban J connectivity index is 1.32. The van der Waals surface area contributed by atoms with Gasteiger partial charge in [-0.1, -0.05) is 40.5 Å². The van der Waals surface area contributed by atoms with E-state index in [2.05, 4.69) is 27.7 Å². The summed E-state index contributed by atoms with van der Waals surface area (Å²) in [6.07, 6.45) is 16.4. The van der Waals surface area contributed by atoms with Crippen LogP contribution in [0.25, 0.3) is 0 Å².